The van der Waals surface area contributed by atoms with E-state index >= 15 is 0 Å². The van der Waals surface area contributed by atoms with E-state index in [4.69, 9.17) is 0 Å². The van der Waals surface area contributed by atoms with Crippen molar-refractivity contribution in [3.8, 4) is 0 Å². The Bertz CT molecular complexity index is 449. The topological polar surface area (TPSA) is 78.4 Å². The van der Waals surface area contributed by atoms with Crippen LogP contribution in [0.2, 0.25) is 0 Å². The lowest BCUT2D eigenvalue weighted by molar-refractivity contribution is 0.0949. The van der Waals surface area contributed by atoms with Crippen molar-refractivity contribution in [2.45, 2.75) is 44.8 Å². The lowest BCUT2D eigenvalue weighted by Crippen LogP contribution is -2.44. The fourth-order valence-corrected chi connectivity index (χ4v) is 2.60. The predicted molar refractivity (Wildman–Crippen MR) is 76.7 cm³/mol. The minimum atomic E-state index is -0.321. The summed E-state index contributed by atoms with van der Waals surface area (Å²) in [4.78, 5) is 13.6. The van der Waals surface area contributed by atoms with Crippen molar-refractivity contribution in [3.05, 3.63) is 17.8 Å². The Balaban J connectivity index is 2.07. The molecular weight excluding hydrogens is 256 g/mol. The first-order valence-corrected chi connectivity index (χ1v) is 7.16. The number of nitrogens with zero attached hydrogens (tertiary/aromatic N) is 3. The van der Waals surface area contributed by atoms with Crippen LogP contribution in [-0.4, -0.2) is 46.9 Å². The Morgan fingerprint density at radius 3 is 2.75 bits per heavy atom. The molecule has 1 heterocycles. The molecule has 0 radical (unpaired) electrons. The Morgan fingerprint density at radius 2 is 2.15 bits per heavy atom. The second kappa shape index (κ2) is 6.65. The van der Waals surface area contributed by atoms with Crippen molar-refractivity contribution in [3.63, 3.8) is 0 Å². The number of aromatic nitrogens is 2. The minimum absolute atomic E-state index is 0.0772. The average molecular weight is 278 g/mol. The van der Waals surface area contributed by atoms with Crippen LogP contribution in [0.25, 0.3) is 0 Å². The second-order valence-corrected chi connectivity index (χ2v) is 5.17. The third-order valence-electron chi connectivity index (χ3n) is 3.77. The summed E-state index contributed by atoms with van der Waals surface area (Å²) in [6, 6.07) is 3.52. The predicted octanol–water partition coefficient (Wildman–Crippen LogP) is 0.966. The number of carbonyl (C=O) groups excluding carboxylic acids is 1. The van der Waals surface area contributed by atoms with Crippen molar-refractivity contribution < 1.29 is 9.90 Å². The summed E-state index contributed by atoms with van der Waals surface area (Å²) in [7, 11) is 1.91. The van der Waals surface area contributed by atoms with Gasteiger partial charge in [0, 0.05) is 13.6 Å². The SMILES string of the molecule is CCNC(=O)c1ccc(N(C)C2CCCCC2O)nn1. The van der Waals surface area contributed by atoms with Gasteiger partial charge in [0.05, 0.1) is 12.1 Å². The molecule has 110 valence electrons. The summed E-state index contributed by atoms with van der Waals surface area (Å²) in [6.45, 7) is 2.42. The molecule has 1 aliphatic carbocycles. The Morgan fingerprint density at radius 1 is 1.40 bits per heavy atom. The molecule has 2 N–H and O–H groups in total. The number of likely N-dealkylation sites (N-methyl/N-ethyl adjacent to an activating group) is 1. The molecule has 2 atom stereocenters. The van der Waals surface area contributed by atoms with Gasteiger partial charge >= 0.3 is 0 Å². The molecule has 1 aromatic heterocycles. The maximum Gasteiger partial charge on any atom is 0.271 e. The van der Waals surface area contributed by atoms with Gasteiger partial charge < -0.3 is 15.3 Å². The normalized spacial score (nSPS) is 22.4. The molecule has 6 nitrogen and oxygen atoms in total. The van der Waals surface area contributed by atoms with E-state index in [0.717, 1.165) is 25.7 Å². The highest BCUT2D eigenvalue weighted by atomic mass is 16.3. The monoisotopic (exact) mass is 278 g/mol. The summed E-state index contributed by atoms with van der Waals surface area (Å²) in [6.07, 6.45) is 3.67. The van der Waals surface area contributed by atoms with E-state index in [2.05, 4.69) is 15.5 Å². The number of anilines is 1. The van der Waals surface area contributed by atoms with Crippen LogP contribution in [0.3, 0.4) is 0 Å². The van der Waals surface area contributed by atoms with Gasteiger partial charge in [0.15, 0.2) is 11.5 Å². The van der Waals surface area contributed by atoms with E-state index in [1.54, 1.807) is 12.1 Å². The lowest BCUT2D eigenvalue weighted by Gasteiger charge is -2.35. The van der Waals surface area contributed by atoms with E-state index in [1.807, 2.05) is 18.9 Å². The summed E-state index contributed by atoms with van der Waals surface area (Å²) in [5.74, 6) is 0.468. The molecule has 6 heteroatoms. The third-order valence-corrected chi connectivity index (χ3v) is 3.77. The molecule has 1 amide bonds. The highest BCUT2D eigenvalue weighted by Gasteiger charge is 2.27. The van der Waals surface area contributed by atoms with Gasteiger partial charge in [0.2, 0.25) is 0 Å². The number of aliphatic hydroxyl groups is 1. The fourth-order valence-electron chi connectivity index (χ4n) is 2.60. The van der Waals surface area contributed by atoms with Crippen molar-refractivity contribution in [2.24, 2.45) is 0 Å². The first-order valence-electron chi connectivity index (χ1n) is 7.16. The van der Waals surface area contributed by atoms with Crippen LogP contribution in [0, 0.1) is 0 Å². The molecule has 20 heavy (non-hydrogen) atoms. The molecule has 0 bridgehead atoms. The number of hydrogen-bond acceptors (Lipinski definition) is 5. The zero-order valence-electron chi connectivity index (χ0n) is 12.0. The number of hydrogen-bond donors (Lipinski definition) is 2. The quantitative estimate of drug-likeness (QED) is 0.858. The lowest BCUT2D eigenvalue weighted by atomic mass is 9.91. The van der Waals surface area contributed by atoms with Gasteiger partial charge in [-0.2, -0.15) is 0 Å². The first kappa shape index (κ1) is 14.7. The number of nitrogens with one attached hydrogen (secondary N) is 1. The van der Waals surface area contributed by atoms with Crippen LogP contribution in [0.4, 0.5) is 5.82 Å². The first-order chi connectivity index (χ1) is 9.63. The molecule has 0 saturated heterocycles. The van der Waals surface area contributed by atoms with Gasteiger partial charge in [-0.25, -0.2) is 0 Å². The summed E-state index contributed by atoms with van der Waals surface area (Å²) >= 11 is 0. The number of carbonyl (C=O) groups is 1. The van der Waals surface area contributed by atoms with E-state index < -0.39 is 0 Å². The molecule has 0 aliphatic heterocycles. The maximum atomic E-state index is 11.6. The van der Waals surface area contributed by atoms with Gasteiger partial charge in [0.1, 0.15) is 0 Å². The molecule has 2 rings (SSSR count). The highest BCUT2D eigenvalue weighted by molar-refractivity contribution is 5.92. The largest absolute Gasteiger partial charge is 0.391 e. The molecule has 1 aromatic rings. The molecular formula is C14H22N4O2. The highest BCUT2D eigenvalue weighted by Crippen LogP contribution is 2.25. The Kier molecular flexibility index (Phi) is 4.89. The number of aliphatic hydroxyl groups excluding tert-OH is 1. The molecule has 1 fully saturated rings. The zero-order chi connectivity index (χ0) is 14.5. The molecule has 1 saturated carbocycles. The Labute approximate surface area is 119 Å². The van der Waals surface area contributed by atoms with Gasteiger partial charge in [-0.15, -0.1) is 10.2 Å². The Hall–Kier alpha value is -1.69. The van der Waals surface area contributed by atoms with E-state index in [9.17, 15) is 9.90 Å². The molecule has 0 aromatic carbocycles. The second-order valence-electron chi connectivity index (χ2n) is 5.17. The van der Waals surface area contributed by atoms with Gasteiger partial charge in [-0.3, -0.25) is 4.79 Å². The van der Waals surface area contributed by atoms with Crippen LogP contribution in [0.15, 0.2) is 12.1 Å². The molecule has 1 aliphatic rings. The van der Waals surface area contributed by atoms with Crippen LogP contribution >= 0.6 is 0 Å². The van der Waals surface area contributed by atoms with Gasteiger partial charge in [-0.05, 0) is 31.9 Å². The smallest absolute Gasteiger partial charge is 0.271 e. The number of rotatable bonds is 4. The van der Waals surface area contributed by atoms with Crippen molar-refractivity contribution in [1.82, 2.24) is 15.5 Å². The third kappa shape index (κ3) is 3.25. The standard InChI is InChI=1S/C14H22N4O2/c1-3-15-14(20)10-8-9-13(17-16-10)18(2)11-6-4-5-7-12(11)19/h8-9,11-12,19H,3-7H2,1-2H3,(H,15,20). The van der Waals surface area contributed by atoms with Crippen LogP contribution in [-0.2, 0) is 0 Å². The fraction of sp³-hybridized carbons (Fsp3) is 0.643. The summed E-state index contributed by atoms with van der Waals surface area (Å²) < 4.78 is 0. The van der Waals surface area contributed by atoms with Gasteiger partial charge in [-0.1, -0.05) is 12.8 Å². The molecule has 0 spiro atoms. The van der Waals surface area contributed by atoms with Crippen molar-refractivity contribution in [2.75, 3.05) is 18.5 Å². The number of amides is 1. The van der Waals surface area contributed by atoms with Gasteiger partial charge in [0.25, 0.3) is 5.91 Å². The van der Waals surface area contributed by atoms with E-state index in [-0.39, 0.29) is 18.1 Å². The zero-order valence-corrected chi connectivity index (χ0v) is 12.0. The van der Waals surface area contributed by atoms with Crippen molar-refractivity contribution >= 4 is 11.7 Å². The summed E-state index contributed by atoms with van der Waals surface area (Å²) in [5.41, 5.74) is 0.313. The molecule has 2 unspecified atom stereocenters. The summed E-state index contributed by atoms with van der Waals surface area (Å²) in [5, 5.41) is 20.8. The minimum Gasteiger partial charge on any atom is -0.391 e. The van der Waals surface area contributed by atoms with Crippen LogP contribution in [0.1, 0.15) is 43.1 Å². The van der Waals surface area contributed by atoms with Crippen LogP contribution in [0.5, 0.6) is 0 Å². The van der Waals surface area contributed by atoms with E-state index in [0.29, 0.717) is 18.1 Å². The van der Waals surface area contributed by atoms with E-state index in [1.165, 1.54) is 0 Å². The van der Waals surface area contributed by atoms with Crippen LogP contribution < -0.4 is 10.2 Å². The average Bonchev–Trinajstić information content (AvgIpc) is 2.47. The maximum absolute atomic E-state index is 11.6. The van der Waals surface area contributed by atoms with Crippen molar-refractivity contribution in [1.29, 1.82) is 0 Å².